The van der Waals surface area contributed by atoms with Gasteiger partial charge in [-0.3, -0.25) is 9.69 Å². The summed E-state index contributed by atoms with van der Waals surface area (Å²) in [4.78, 5) is 13.5. The predicted molar refractivity (Wildman–Crippen MR) is 86.5 cm³/mol. The first-order valence-corrected chi connectivity index (χ1v) is 8.65. The number of carbonyl (C=O) groups is 1. The second-order valence-corrected chi connectivity index (χ2v) is 6.78. The van der Waals surface area contributed by atoms with Crippen molar-refractivity contribution in [1.82, 2.24) is 9.78 Å². The van der Waals surface area contributed by atoms with Crippen molar-refractivity contribution in [2.24, 2.45) is 0 Å². The van der Waals surface area contributed by atoms with Crippen LogP contribution >= 0.6 is 11.8 Å². The summed E-state index contributed by atoms with van der Waals surface area (Å²) in [6.45, 7) is 1.74. The molecule has 134 valence electrons. The summed E-state index contributed by atoms with van der Waals surface area (Å²) in [5.74, 6) is 0.118. The van der Waals surface area contributed by atoms with Crippen LogP contribution in [0.4, 0.5) is 18.9 Å². The van der Waals surface area contributed by atoms with Crippen molar-refractivity contribution >= 4 is 23.4 Å². The molecule has 10 heteroatoms. The van der Waals surface area contributed by atoms with Gasteiger partial charge in [-0.25, -0.2) is 4.68 Å². The lowest BCUT2D eigenvalue weighted by atomic mass is 10.4. The van der Waals surface area contributed by atoms with Gasteiger partial charge >= 0.3 is 6.18 Å². The fourth-order valence-electron chi connectivity index (χ4n) is 2.43. The van der Waals surface area contributed by atoms with E-state index in [0.717, 1.165) is 11.8 Å². The monoisotopic (exact) mass is 372 g/mol. The van der Waals surface area contributed by atoms with E-state index < -0.39 is 18.6 Å². The Morgan fingerprint density at radius 3 is 2.88 bits per heavy atom. The van der Waals surface area contributed by atoms with Crippen LogP contribution in [0.2, 0.25) is 0 Å². The molecule has 0 bridgehead atoms. The van der Waals surface area contributed by atoms with Crippen LogP contribution in [-0.4, -0.2) is 39.4 Å². The molecule has 0 N–H and O–H groups in total. The molecule has 3 heterocycles. The fourth-order valence-corrected chi connectivity index (χ4v) is 3.49. The van der Waals surface area contributed by atoms with Gasteiger partial charge in [0.1, 0.15) is 11.7 Å². The van der Waals surface area contributed by atoms with Crippen molar-refractivity contribution in [2.45, 2.75) is 25.6 Å². The number of anilines is 1. The average Bonchev–Trinajstić information content (AvgIpc) is 2.98. The van der Waals surface area contributed by atoms with Crippen LogP contribution in [-0.2, 0) is 4.79 Å². The highest BCUT2D eigenvalue weighted by atomic mass is 32.2. The van der Waals surface area contributed by atoms with Gasteiger partial charge in [0.25, 0.3) is 5.91 Å². The Morgan fingerprint density at radius 2 is 2.20 bits per heavy atom. The summed E-state index contributed by atoms with van der Waals surface area (Å²) in [5, 5.41) is 15.6. The zero-order chi connectivity index (χ0) is 18.2. The normalized spacial score (nSPS) is 17.2. The highest BCUT2D eigenvalue weighted by molar-refractivity contribution is 7.99. The second kappa shape index (κ2) is 6.58. The topological polar surface area (TPSA) is 64.8 Å². The number of hydrogen-bond acceptors (Lipinski definition) is 4. The third-order valence-corrected chi connectivity index (χ3v) is 4.77. The smallest absolute Gasteiger partial charge is 0.389 e. The van der Waals surface area contributed by atoms with E-state index in [9.17, 15) is 23.2 Å². The maximum absolute atomic E-state index is 12.1. The van der Waals surface area contributed by atoms with E-state index in [-0.39, 0.29) is 11.7 Å². The van der Waals surface area contributed by atoms with Gasteiger partial charge in [-0.05, 0) is 13.0 Å². The minimum atomic E-state index is -4.17. The molecular weight excluding hydrogens is 357 g/mol. The van der Waals surface area contributed by atoms with Crippen molar-refractivity contribution in [1.29, 1.82) is 0 Å². The second-order valence-electron chi connectivity index (χ2n) is 5.63. The van der Waals surface area contributed by atoms with Gasteiger partial charge < -0.3 is 5.21 Å². The number of aryl methyl sites for hydroxylation is 1. The molecular formula is C15H15F3N4O2S. The molecule has 1 amide bonds. The standard InChI is InChI=1S/C15H15F3N4O2S/c1-10-12(8-21(19-10)11-3-2-5-20(24)7-11)22-13(14(22)23)9-25-6-4-15(16,17)18/h2-3,5,7-8,13H,4,6,9H2,1H3. The van der Waals surface area contributed by atoms with Crippen LogP contribution in [0.15, 0.2) is 30.7 Å². The number of alkyl halides is 3. The number of rotatable bonds is 6. The third-order valence-electron chi connectivity index (χ3n) is 3.73. The minimum absolute atomic E-state index is 0.0626. The molecule has 1 aliphatic heterocycles. The Balaban J connectivity index is 1.64. The number of aromatic nitrogens is 3. The highest BCUT2D eigenvalue weighted by Crippen LogP contribution is 2.34. The molecule has 25 heavy (non-hydrogen) atoms. The molecule has 0 aliphatic carbocycles. The van der Waals surface area contributed by atoms with Crippen molar-refractivity contribution in [2.75, 3.05) is 16.4 Å². The number of hydrogen-bond donors (Lipinski definition) is 0. The molecule has 0 saturated carbocycles. The molecule has 1 aliphatic rings. The van der Waals surface area contributed by atoms with Crippen LogP contribution in [0.1, 0.15) is 12.1 Å². The maximum Gasteiger partial charge on any atom is 0.389 e. The largest absolute Gasteiger partial charge is 0.619 e. The molecule has 1 fully saturated rings. The van der Waals surface area contributed by atoms with Crippen molar-refractivity contribution < 1.29 is 22.7 Å². The van der Waals surface area contributed by atoms with Crippen molar-refractivity contribution in [3.63, 3.8) is 0 Å². The van der Waals surface area contributed by atoms with E-state index in [4.69, 9.17) is 0 Å². The molecule has 0 spiro atoms. The van der Waals surface area contributed by atoms with Gasteiger partial charge in [-0.2, -0.15) is 34.8 Å². The number of halogens is 3. The first-order chi connectivity index (χ1) is 11.8. The first-order valence-electron chi connectivity index (χ1n) is 7.49. The van der Waals surface area contributed by atoms with Gasteiger partial charge in [0, 0.05) is 17.6 Å². The number of pyridine rings is 1. The molecule has 1 atom stereocenters. The summed E-state index contributed by atoms with van der Waals surface area (Å²) in [5.41, 5.74) is 1.77. The van der Waals surface area contributed by atoms with E-state index in [1.807, 2.05) is 0 Å². The van der Waals surface area contributed by atoms with Gasteiger partial charge in [0.15, 0.2) is 6.20 Å². The lowest BCUT2D eigenvalue weighted by Gasteiger charge is -2.05. The van der Waals surface area contributed by atoms with Gasteiger partial charge in [0.05, 0.1) is 24.0 Å². The number of nitrogens with zero attached hydrogens (tertiary/aromatic N) is 4. The van der Waals surface area contributed by atoms with Crippen LogP contribution < -0.4 is 9.63 Å². The Labute approximate surface area is 145 Å². The van der Waals surface area contributed by atoms with E-state index in [0.29, 0.717) is 27.6 Å². The maximum atomic E-state index is 12.1. The Hall–Kier alpha value is -2.23. The van der Waals surface area contributed by atoms with Crippen LogP contribution in [0.3, 0.4) is 0 Å². The van der Waals surface area contributed by atoms with Crippen LogP contribution in [0, 0.1) is 12.1 Å². The van der Waals surface area contributed by atoms with Gasteiger partial charge in [0.2, 0.25) is 6.20 Å². The zero-order valence-corrected chi connectivity index (χ0v) is 14.0. The predicted octanol–water partition coefficient (Wildman–Crippen LogP) is 2.21. The highest BCUT2D eigenvalue weighted by Gasteiger charge is 2.48. The van der Waals surface area contributed by atoms with Crippen molar-refractivity contribution in [3.05, 3.63) is 41.6 Å². The third kappa shape index (κ3) is 4.06. The molecule has 0 aromatic carbocycles. The lowest BCUT2D eigenvalue weighted by Crippen LogP contribution is -2.25. The van der Waals surface area contributed by atoms with E-state index >= 15 is 0 Å². The first kappa shape index (κ1) is 17.6. The summed E-state index contributed by atoms with van der Waals surface area (Å²) in [6, 6.07) is 2.87. The zero-order valence-electron chi connectivity index (χ0n) is 13.2. The fraction of sp³-hybridized carbons (Fsp3) is 0.400. The van der Waals surface area contributed by atoms with E-state index in [1.54, 1.807) is 25.3 Å². The minimum Gasteiger partial charge on any atom is -0.619 e. The molecule has 0 radical (unpaired) electrons. The Kier molecular flexibility index (Phi) is 4.63. The number of amides is 1. The molecule has 2 aromatic rings. The van der Waals surface area contributed by atoms with E-state index in [1.165, 1.54) is 22.0 Å². The van der Waals surface area contributed by atoms with E-state index in [2.05, 4.69) is 5.10 Å². The lowest BCUT2D eigenvalue weighted by molar-refractivity contribution is -0.605. The summed E-state index contributed by atoms with van der Waals surface area (Å²) < 4.78 is 38.5. The number of thioether (sulfide) groups is 1. The summed E-state index contributed by atoms with van der Waals surface area (Å²) in [7, 11) is 0. The van der Waals surface area contributed by atoms with Crippen molar-refractivity contribution in [3.8, 4) is 5.69 Å². The molecule has 3 rings (SSSR count). The molecule has 6 nitrogen and oxygen atoms in total. The molecule has 1 unspecified atom stereocenters. The molecule has 1 saturated heterocycles. The molecule has 2 aromatic heterocycles. The SMILES string of the molecule is Cc1nn(-c2ccc[n+]([O-])c2)cc1N1C(=O)C1CSCCC(F)(F)F. The summed E-state index contributed by atoms with van der Waals surface area (Å²) in [6.07, 6.45) is -0.693. The average molecular weight is 372 g/mol. The van der Waals surface area contributed by atoms with Crippen LogP contribution in [0.5, 0.6) is 0 Å². The Bertz CT molecular complexity index is 793. The Morgan fingerprint density at radius 1 is 1.44 bits per heavy atom. The summed E-state index contributed by atoms with van der Waals surface area (Å²) >= 11 is 1.11. The van der Waals surface area contributed by atoms with Gasteiger partial charge in [-0.1, -0.05) is 0 Å². The van der Waals surface area contributed by atoms with Gasteiger partial charge in [-0.15, -0.1) is 0 Å². The number of carbonyl (C=O) groups excluding carboxylic acids is 1. The quantitative estimate of drug-likeness (QED) is 0.338. The van der Waals surface area contributed by atoms with Crippen LogP contribution in [0.25, 0.3) is 5.69 Å².